The first-order valence-electron chi connectivity index (χ1n) is 12.0. The van der Waals surface area contributed by atoms with E-state index in [2.05, 4.69) is 28.1 Å². The number of allylic oxidation sites excluding steroid dienone is 1. The van der Waals surface area contributed by atoms with Crippen LogP contribution in [0, 0.1) is 5.92 Å². The fourth-order valence-corrected chi connectivity index (χ4v) is 5.32. The number of nitrogens with zero attached hydrogens (tertiary/aromatic N) is 2. The van der Waals surface area contributed by atoms with E-state index in [1.54, 1.807) is 7.11 Å². The lowest BCUT2D eigenvalue weighted by Crippen LogP contribution is -2.42. The van der Waals surface area contributed by atoms with Crippen LogP contribution in [0.1, 0.15) is 30.4 Å². The molecule has 2 aromatic carbocycles. The van der Waals surface area contributed by atoms with Gasteiger partial charge in [-0.3, -0.25) is 4.99 Å². The van der Waals surface area contributed by atoms with Gasteiger partial charge in [-0.2, -0.15) is 0 Å². The molecule has 0 bridgehead atoms. The Morgan fingerprint density at radius 2 is 2.00 bits per heavy atom. The predicted octanol–water partition coefficient (Wildman–Crippen LogP) is 5.12. The van der Waals surface area contributed by atoms with E-state index in [4.69, 9.17) is 21.1 Å². The molecule has 1 N–H and O–H groups in total. The number of aliphatic hydroxyl groups is 1. The molecule has 5 nitrogen and oxygen atoms in total. The highest BCUT2D eigenvalue weighted by atomic mass is 35.5. The number of hydrogen-bond donors (Lipinski definition) is 1. The summed E-state index contributed by atoms with van der Waals surface area (Å²) >= 11 is 6.02. The van der Waals surface area contributed by atoms with Crippen LogP contribution in [-0.4, -0.2) is 55.6 Å². The van der Waals surface area contributed by atoms with E-state index < -0.39 is 5.60 Å². The van der Waals surface area contributed by atoms with Crippen molar-refractivity contribution < 1.29 is 14.6 Å². The average molecular weight is 479 g/mol. The number of fused-ring (bicyclic) bond motifs is 2. The molecular weight excluding hydrogens is 448 g/mol. The van der Waals surface area contributed by atoms with Gasteiger partial charge in [-0.25, -0.2) is 0 Å². The molecule has 3 heterocycles. The van der Waals surface area contributed by atoms with Crippen molar-refractivity contribution in [3.63, 3.8) is 0 Å². The van der Waals surface area contributed by atoms with Crippen LogP contribution < -0.4 is 9.47 Å². The van der Waals surface area contributed by atoms with Crippen LogP contribution in [0.15, 0.2) is 65.7 Å². The molecule has 34 heavy (non-hydrogen) atoms. The lowest BCUT2D eigenvalue weighted by molar-refractivity contribution is -0.0254. The van der Waals surface area contributed by atoms with Crippen molar-refractivity contribution >= 4 is 23.4 Å². The quantitative estimate of drug-likeness (QED) is 0.647. The van der Waals surface area contributed by atoms with E-state index in [9.17, 15) is 5.11 Å². The van der Waals surface area contributed by atoms with Crippen LogP contribution in [0.25, 0.3) is 5.57 Å². The largest absolute Gasteiger partial charge is 0.497 e. The monoisotopic (exact) mass is 478 g/mol. The number of ether oxygens (including phenoxy) is 2. The number of piperidine rings is 1. The van der Waals surface area contributed by atoms with E-state index in [1.807, 2.05) is 48.7 Å². The van der Waals surface area contributed by atoms with Crippen molar-refractivity contribution in [2.24, 2.45) is 10.9 Å². The van der Waals surface area contributed by atoms with Gasteiger partial charge >= 0.3 is 0 Å². The zero-order valence-corrected chi connectivity index (χ0v) is 20.2. The molecule has 0 amide bonds. The third kappa shape index (κ3) is 4.78. The Hall–Kier alpha value is -2.60. The van der Waals surface area contributed by atoms with Gasteiger partial charge in [-0.15, -0.1) is 0 Å². The zero-order valence-electron chi connectivity index (χ0n) is 19.5. The Balaban J connectivity index is 1.29. The molecule has 6 heteroatoms. The van der Waals surface area contributed by atoms with Gasteiger partial charge in [0, 0.05) is 42.4 Å². The molecule has 0 saturated carbocycles. The summed E-state index contributed by atoms with van der Waals surface area (Å²) in [7, 11) is 1.69. The SMILES string of the molecule is COc1ccc2c(c1)C(=CCCN1CCC(O)(c3ccc(Cl)cc3)CC1)C1C=CC=NC1CO2. The van der Waals surface area contributed by atoms with Crippen LogP contribution in [-0.2, 0) is 5.60 Å². The lowest BCUT2D eigenvalue weighted by Gasteiger charge is -2.38. The minimum absolute atomic E-state index is 0.0824. The minimum Gasteiger partial charge on any atom is -0.497 e. The fourth-order valence-electron chi connectivity index (χ4n) is 5.19. The number of rotatable bonds is 5. The number of dihydropyridines is 1. The van der Waals surface area contributed by atoms with E-state index in [1.165, 1.54) is 5.57 Å². The molecule has 0 spiro atoms. The Kier molecular flexibility index (Phi) is 6.77. The second kappa shape index (κ2) is 9.95. The molecular formula is C28H31ClN2O3. The van der Waals surface area contributed by atoms with Crippen molar-refractivity contribution in [3.8, 4) is 11.5 Å². The van der Waals surface area contributed by atoms with Gasteiger partial charge in [-0.05, 0) is 66.8 Å². The molecule has 2 aromatic rings. The Morgan fingerprint density at radius 3 is 2.76 bits per heavy atom. The normalized spacial score (nSPS) is 24.7. The second-order valence-electron chi connectivity index (χ2n) is 9.28. The summed E-state index contributed by atoms with van der Waals surface area (Å²) in [6.45, 7) is 3.25. The van der Waals surface area contributed by atoms with Crippen molar-refractivity contribution in [2.45, 2.75) is 30.9 Å². The highest BCUT2D eigenvalue weighted by molar-refractivity contribution is 6.30. The van der Waals surface area contributed by atoms with Gasteiger partial charge in [-0.1, -0.05) is 35.9 Å². The molecule has 1 fully saturated rings. The summed E-state index contributed by atoms with van der Waals surface area (Å²) in [6.07, 6.45) is 10.8. The summed E-state index contributed by atoms with van der Waals surface area (Å²) in [4.78, 5) is 7.12. The van der Waals surface area contributed by atoms with Crippen molar-refractivity contribution in [2.75, 3.05) is 33.4 Å². The van der Waals surface area contributed by atoms with Gasteiger partial charge in [0.2, 0.25) is 0 Å². The van der Waals surface area contributed by atoms with Crippen molar-refractivity contribution in [1.29, 1.82) is 0 Å². The Labute approximate surface area is 206 Å². The number of aliphatic imine (C=N–C) groups is 1. The van der Waals surface area contributed by atoms with E-state index in [-0.39, 0.29) is 12.0 Å². The van der Waals surface area contributed by atoms with Crippen LogP contribution in [0.4, 0.5) is 0 Å². The Bertz CT molecular complexity index is 1100. The van der Waals surface area contributed by atoms with E-state index >= 15 is 0 Å². The highest BCUT2D eigenvalue weighted by Crippen LogP contribution is 2.41. The molecule has 5 rings (SSSR count). The van der Waals surface area contributed by atoms with Gasteiger partial charge in [0.1, 0.15) is 18.1 Å². The maximum absolute atomic E-state index is 11.2. The van der Waals surface area contributed by atoms with E-state index in [0.717, 1.165) is 61.5 Å². The minimum atomic E-state index is -0.772. The summed E-state index contributed by atoms with van der Waals surface area (Å²) in [5, 5.41) is 11.9. The fraction of sp³-hybridized carbons (Fsp3) is 0.393. The molecule has 178 valence electrons. The summed E-state index contributed by atoms with van der Waals surface area (Å²) in [5.41, 5.74) is 2.52. The maximum Gasteiger partial charge on any atom is 0.127 e. The van der Waals surface area contributed by atoms with Gasteiger partial charge in [0.15, 0.2) is 0 Å². The molecule has 1 saturated heterocycles. The third-order valence-electron chi connectivity index (χ3n) is 7.24. The number of benzene rings is 2. The molecule has 2 atom stereocenters. The maximum atomic E-state index is 11.2. The molecule has 3 aliphatic heterocycles. The summed E-state index contributed by atoms with van der Waals surface area (Å²) in [5.74, 6) is 1.90. The van der Waals surface area contributed by atoms with Crippen molar-refractivity contribution in [1.82, 2.24) is 4.90 Å². The standard InChI is InChI=1S/C28H31ClN2O3/c1-33-22-10-11-27-25(18-22)23(24-4-2-14-30-26(24)19-34-27)5-3-15-31-16-12-28(32,13-17-31)20-6-8-21(29)9-7-20/h2,4-11,14,18,24,26,32H,3,12-13,15-17,19H2,1H3. The van der Waals surface area contributed by atoms with Crippen LogP contribution in [0.5, 0.6) is 11.5 Å². The van der Waals surface area contributed by atoms with Crippen molar-refractivity contribution in [3.05, 3.63) is 76.8 Å². The van der Waals surface area contributed by atoms with Crippen LogP contribution >= 0.6 is 11.6 Å². The zero-order chi connectivity index (χ0) is 23.5. The first kappa shape index (κ1) is 23.2. The highest BCUT2D eigenvalue weighted by Gasteiger charge is 2.34. The molecule has 0 aliphatic carbocycles. The molecule has 2 unspecified atom stereocenters. The number of likely N-dealkylation sites (tertiary alicyclic amines) is 1. The first-order valence-corrected chi connectivity index (χ1v) is 12.4. The molecule has 3 aliphatic rings. The smallest absolute Gasteiger partial charge is 0.127 e. The van der Waals surface area contributed by atoms with Gasteiger partial charge in [0.25, 0.3) is 0 Å². The number of hydrogen-bond acceptors (Lipinski definition) is 5. The topological polar surface area (TPSA) is 54.3 Å². The third-order valence-corrected chi connectivity index (χ3v) is 7.49. The lowest BCUT2D eigenvalue weighted by atomic mass is 9.84. The number of halogens is 1. The molecule has 0 radical (unpaired) electrons. The van der Waals surface area contributed by atoms with Gasteiger partial charge in [0.05, 0.1) is 18.8 Å². The average Bonchev–Trinajstić information content (AvgIpc) is 3.02. The molecule has 0 aromatic heterocycles. The first-order chi connectivity index (χ1) is 16.6. The van der Waals surface area contributed by atoms with E-state index in [0.29, 0.717) is 11.6 Å². The van der Waals surface area contributed by atoms with Crippen LogP contribution in [0.3, 0.4) is 0 Å². The van der Waals surface area contributed by atoms with Gasteiger partial charge < -0.3 is 19.5 Å². The number of methoxy groups -OCH3 is 1. The predicted molar refractivity (Wildman–Crippen MR) is 137 cm³/mol. The Morgan fingerprint density at radius 1 is 1.21 bits per heavy atom. The summed E-state index contributed by atoms with van der Waals surface area (Å²) < 4.78 is 11.6. The van der Waals surface area contributed by atoms with Crippen LogP contribution in [0.2, 0.25) is 5.02 Å². The summed E-state index contributed by atoms with van der Waals surface area (Å²) in [6, 6.07) is 13.7. The second-order valence-corrected chi connectivity index (χ2v) is 9.71.